The van der Waals surface area contributed by atoms with Crippen LogP contribution in [0.1, 0.15) is 10.4 Å². The van der Waals surface area contributed by atoms with Crippen LogP contribution >= 0.6 is 11.6 Å². The van der Waals surface area contributed by atoms with Crippen molar-refractivity contribution in [2.75, 3.05) is 0 Å². The first kappa shape index (κ1) is 8.01. The average Bonchev–Trinajstić information content (AvgIpc) is 1.85. The van der Waals surface area contributed by atoms with E-state index in [1.807, 2.05) is 0 Å². The van der Waals surface area contributed by atoms with Crippen molar-refractivity contribution < 1.29 is 14.3 Å². The van der Waals surface area contributed by atoms with Crippen LogP contribution in [0.3, 0.4) is 0 Å². The maximum absolute atomic E-state index is 12.6. The summed E-state index contributed by atoms with van der Waals surface area (Å²) in [6.07, 6.45) is 0.237. The Balaban J connectivity index is 3.36. The fraction of sp³-hybridized carbons (Fsp3) is 0. The molecule has 1 N–H and O–H groups in total. The van der Waals surface area contributed by atoms with Crippen LogP contribution in [0.4, 0.5) is 4.39 Å². The van der Waals surface area contributed by atoms with Gasteiger partial charge in [0.1, 0.15) is 11.6 Å². The molecule has 1 rings (SSSR count). The summed E-state index contributed by atoms with van der Waals surface area (Å²) in [7, 11) is 0. The molecule has 11 heavy (non-hydrogen) atoms. The van der Waals surface area contributed by atoms with Crippen molar-refractivity contribution in [3.05, 3.63) is 28.5 Å². The van der Waals surface area contributed by atoms with Crippen molar-refractivity contribution in [2.24, 2.45) is 0 Å². The van der Waals surface area contributed by atoms with Gasteiger partial charge in [0, 0.05) is 5.02 Å². The predicted octanol–water partition coefficient (Wildman–Crippen LogP) is 2.00. The molecule has 0 bridgehead atoms. The van der Waals surface area contributed by atoms with E-state index in [0.717, 1.165) is 12.1 Å². The van der Waals surface area contributed by atoms with E-state index in [1.54, 1.807) is 0 Å². The molecule has 4 heteroatoms. The molecule has 0 aliphatic heterocycles. The molecule has 0 heterocycles. The molecule has 0 spiro atoms. The normalized spacial score (nSPS) is 9.64. The van der Waals surface area contributed by atoms with Gasteiger partial charge < -0.3 is 5.11 Å². The second-order valence-electron chi connectivity index (χ2n) is 1.94. The van der Waals surface area contributed by atoms with Gasteiger partial charge >= 0.3 is 0 Å². The Morgan fingerprint density at radius 1 is 1.55 bits per heavy atom. The van der Waals surface area contributed by atoms with Crippen molar-refractivity contribution in [1.82, 2.24) is 0 Å². The Morgan fingerprint density at radius 3 is 2.64 bits per heavy atom. The van der Waals surface area contributed by atoms with Gasteiger partial charge in [-0.1, -0.05) is 11.6 Å². The number of halogens is 2. The first-order valence-corrected chi connectivity index (χ1v) is 3.16. The molecule has 0 unspecified atom stereocenters. The van der Waals surface area contributed by atoms with Gasteiger partial charge in [0.2, 0.25) is 0 Å². The monoisotopic (exact) mass is 174 g/mol. The van der Waals surface area contributed by atoms with Gasteiger partial charge in [0.25, 0.3) is 0 Å². The van der Waals surface area contributed by atoms with E-state index in [9.17, 15) is 9.18 Å². The molecule has 0 fully saturated rings. The highest BCUT2D eigenvalue weighted by Gasteiger charge is 2.07. The third kappa shape index (κ3) is 1.49. The summed E-state index contributed by atoms with van der Waals surface area (Å²) in [4.78, 5) is 10.1. The third-order valence-electron chi connectivity index (χ3n) is 1.19. The smallest absolute Gasteiger partial charge is 0.156 e. The van der Waals surface area contributed by atoms with Crippen LogP contribution in [0, 0.1) is 5.82 Å². The molecule has 0 amide bonds. The number of phenolic OH excluding ortho intramolecular Hbond substituents is 1. The van der Waals surface area contributed by atoms with Gasteiger partial charge in [-0.3, -0.25) is 4.79 Å². The molecule has 0 saturated carbocycles. The SMILES string of the molecule is O=Cc1c(O)cc(Cl)cc1F. The lowest BCUT2D eigenvalue weighted by molar-refractivity contribution is 0.111. The number of carbonyl (C=O) groups excluding carboxylic acids is 1. The average molecular weight is 175 g/mol. The van der Waals surface area contributed by atoms with E-state index in [0.29, 0.717) is 0 Å². The molecule has 0 aliphatic carbocycles. The van der Waals surface area contributed by atoms with Crippen molar-refractivity contribution >= 4 is 17.9 Å². The van der Waals surface area contributed by atoms with E-state index < -0.39 is 11.6 Å². The van der Waals surface area contributed by atoms with Crippen LogP contribution in [0.15, 0.2) is 12.1 Å². The predicted molar refractivity (Wildman–Crippen MR) is 38.5 cm³/mol. The van der Waals surface area contributed by atoms with Crippen molar-refractivity contribution in [3.8, 4) is 5.75 Å². The lowest BCUT2D eigenvalue weighted by Crippen LogP contribution is -1.87. The molecule has 58 valence electrons. The van der Waals surface area contributed by atoms with Crippen LogP contribution in [0.25, 0.3) is 0 Å². The maximum Gasteiger partial charge on any atom is 0.156 e. The minimum atomic E-state index is -0.815. The van der Waals surface area contributed by atoms with Gasteiger partial charge in [-0.05, 0) is 12.1 Å². The number of hydrogen-bond donors (Lipinski definition) is 1. The van der Waals surface area contributed by atoms with Crippen LogP contribution in [-0.4, -0.2) is 11.4 Å². The Kier molecular flexibility index (Phi) is 2.10. The zero-order chi connectivity index (χ0) is 8.43. The quantitative estimate of drug-likeness (QED) is 0.662. The second kappa shape index (κ2) is 2.88. The Hall–Kier alpha value is -1.09. The number of rotatable bonds is 1. The molecule has 1 aromatic rings. The zero-order valence-electron chi connectivity index (χ0n) is 5.34. The molecule has 1 aromatic carbocycles. The number of aromatic hydroxyl groups is 1. The fourth-order valence-electron chi connectivity index (χ4n) is 0.688. The molecule has 0 aromatic heterocycles. The Labute approximate surface area is 67.2 Å². The Morgan fingerprint density at radius 2 is 2.18 bits per heavy atom. The van der Waals surface area contributed by atoms with Crippen molar-refractivity contribution in [2.45, 2.75) is 0 Å². The number of benzene rings is 1. The van der Waals surface area contributed by atoms with Crippen LogP contribution < -0.4 is 0 Å². The van der Waals surface area contributed by atoms with Crippen molar-refractivity contribution in [3.63, 3.8) is 0 Å². The molecule has 0 aliphatic rings. The van der Waals surface area contributed by atoms with E-state index in [1.165, 1.54) is 0 Å². The van der Waals surface area contributed by atoms with E-state index in [-0.39, 0.29) is 16.9 Å². The minimum Gasteiger partial charge on any atom is -0.507 e. The number of phenols is 1. The van der Waals surface area contributed by atoms with Gasteiger partial charge in [0.05, 0.1) is 5.56 Å². The summed E-state index contributed by atoms with van der Waals surface area (Å²) in [5.74, 6) is -1.25. The highest BCUT2D eigenvalue weighted by Crippen LogP contribution is 2.23. The standard InChI is InChI=1S/C7H4ClFO2/c8-4-1-6(9)5(3-10)7(11)2-4/h1-3,11H. The zero-order valence-corrected chi connectivity index (χ0v) is 6.10. The molecular weight excluding hydrogens is 171 g/mol. The lowest BCUT2D eigenvalue weighted by Gasteiger charge is -1.98. The third-order valence-corrected chi connectivity index (χ3v) is 1.41. The summed E-state index contributed by atoms with van der Waals surface area (Å²) in [5.41, 5.74) is -0.366. The van der Waals surface area contributed by atoms with E-state index >= 15 is 0 Å². The summed E-state index contributed by atoms with van der Waals surface area (Å²) in [6, 6.07) is 2.07. The Bertz CT molecular complexity index is 275. The first-order chi connectivity index (χ1) is 5.15. The van der Waals surface area contributed by atoms with E-state index in [4.69, 9.17) is 16.7 Å². The number of carbonyl (C=O) groups is 1. The van der Waals surface area contributed by atoms with Gasteiger partial charge in [-0.2, -0.15) is 0 Å². The summed E-state index contributed by atoms with van der Waals surface area (Å²) in [5, 5.41) is 8.98. The molecule has 0 radical (unpaired) electrons. The van der Waals surface area contributed by atoms with Gasteiger partial charge in [0.15, 0.2) is 6.29 Å². The summed E-state index contributed by atoms with van der Waals surface area (Å²) in [6.45, 7) is 0. The maximum atomic E-state index is 12.6. The minimum absolute atomic E-state index is 0.0607. The molecule has 0 saturated heterocycles. The second-order valence-corrected chi connectivity index (χ2v) is 2.37. The van der Waals surface area contributed by atoms with Gasteiger partial charge in [-0.25, -0.2) is 4.39 Å². The molecular formula is C7H4ClFO2. The van der Waals surface area contributed by atoms with Crippen molar-refractivity contribution in [1.29, 1.82) is 0 Å². The molecule has 2 nitrogen and oxygen atoms in total. The van der Waals surface area contributed by atoms with Crippen LogP contribution in [-0.2, 0) is 0 Å². The summed E-state index contributed by atoms with van der Waals surface area (Å²) >= 11 is 5.36. The largest absolute Gasteiger partial charge is 0.507 e. The number of aldehydes is 1. The fourth-order valence-corrected chi connectivity index (χ4v) is 0.887. The molecule has 0 atom stereocenters. The summed E-state index contributed by atoms with van der Waals surface area (Å²) < 4.78 is 12.6. The highest BCUT2D eigenvalue weighted by atomic mass is 35.5. The van der Waals surface area contributed by atoms with Crippen LogP contribution in [0.2, 0.25) is 5.02 Å². The first-order valence-electron chi connectivity index (χ1n) is 2.78. The topological polar surface area (TPSA) is 37.3 Å². The van der Waals surface area contributed by atoms with Crippen LogP contribution in [0.5, 0.6) is 5.75 Å². The van der Waals surface area contributed by atoms with Gasteiger partial charge in [-0.15, -0.1) is 0 Å². The van der Waals surface area contributed by atoms with E-state index in [2.05, 4.69) is 0 Å². The lowest BCUT2D eigenvalue weighted by atomic mass is 10.2. The number of hydrogen-bond acceptors (Lipinski definition) is 2. The highest BCUT2D eigenvalue weighted by molar-refractivity contribution is 6.30.